The number of hydrogen-bond donors (Lipinski definition) is 0. The van der Waals surface area contributed by atoms with E-state index in [0.717, 1.165) is 90.9 Å². The lowest BCUT2D eigenvalue weighted by molar-refractivity contribution is 0.0541. The number of ether oxygens (including phenoxy) is 7. The fourth-order valence-corrected chi connectivity index (χ4v) is 7.40. The second-order valence-corrected chi connectivity index (χ2v) is 16.6. The van der Waals surface area contributed by atoms with E-state index >= 15 is 0 Å². The Balaban J connectivity index is 0.000000215. The molecule has 71 heavy (non-hydrogen) atoms. The SMILES string of the molecule is CC1=NCCOCCOCCN=C(C)c2cc(-c3cc4nc(c3)C(C)=NCCOCCOCCN=C4C)cc1n2.CC1=Nc2ccccc2OCCOCCOc2ccccc2N=C(C)c2cccc1n2. The number of fused-ring (bicyclic) bond motifs is 8. The van der Waals surface area contributed by atoms with Crippen LogP contribution in [0.4, 0.5) is 11.4 Å². The molecule has 3 aliphatic heterocycles. The van der Waals surface area contributed by atoms with E-state index < -0.39 is 0 Å². The van der Waals surface area contributed by atoms with Gasteiger partial charge in [-0.1, -0.05) is 30.3 Å². The van der Waals surface area contributed by atoms with Gasteiger partial charge in [-0.3, -0.25) is 20.0 Å². The van der Waals surface area contributed by atoms with Gasteiger partial charge in [0.05, 0.1) is 161 Å². The smallest absolute Gasteiger partial charge is 0.145 e. The summed E-state index contributed by atoms with van der Waals surface area (Å²) in [5, 5.41) is 0. The molecule has 3 aliphatic rings. The molecule has 0 amide bonds. The molecule has 3 aromatic heterocycles. The van der Waals surface area contributed by atoms with Gasteiger partial charge in [0.1, 0.15) is 36.1 Å². The summed E-state index contributed by atoms with van der Waals surface area (Å²) in [7, 11) is 0. The molecule has 372 valence electrons. The monoisotopic (exact) mass is 964 g/mol. The first-order valence-corrected chi connectivity index (χ1v) is 24.2. The number of pyridine rings is 3. The van der Waals surface area contributed by atoms with Crippen LogP contribution in [0, 0.1) is 0 Å². The second kappa shape index (κ2) is 27.6. The minimum Gasteiger partial charge on any atom is -0.489 e. The topological polar surface area (TPSA) is 177 Å². The van der Waals surface area contributed by atoms with Crippen molar-refractivity contribution in [2.24, 2.45) is 30.0 Å². The molecule has 2 aromatic carbocycles. The molecule has 0 saturated heterocycles. The number of para-hydroxylation sites is 4. The third kappa shape index (κ3) is 16.2. The summed E-state index contributed by atoms with van der Waals surface area (Å²) in [4.78, 5) is 43.0. The molecule has 5 aromatic rings. The molecule has 0 fully saturated rings. The van der Waals surface area contributed by atoms with E-state index in [1.807, 2.05) is 108 Å². The average Bonchev–Trinajstić information content (AvgIpc) is 3.39. The summed E-state index contributed by atoms with van der Waals surface area (Å²) in [5.41, 5.74) is 13.3. The zero-order valence-electron chi connectivity index (χ0n) is 41.9. The molecule has 0 atom stereocenters. The average molecular weight is 964 g/mol. The number of rotatable bonds is 1. The van der Waals surface area contributed by atoms with Gasteiger partial charge in [0.15, 0.2) is 0 Å². The van der Waals surface area contributed by atoms with Gasteiger partial charge in [0, 0.05) is 0 Å². The summed E-state index contributed by atoms with van der Waals surface area (Å²) in [6, 6.07) is 29.6. The van der Waals surface area contributed by atoms with Gasteiger partial charge in [-0.05, 0) is 113 Å². The standard InChI is InChI=1S/C30H40N6O4.C25H25N3O3/c1-21-27-17-25(18-28(35-27)22(2)32-6-10-38-14-13-37-9-5-31-21)26-19-29-23(3)33-7-11-39-15-16-40-12-8-34-24(4)30(20-26)36-29;1-18-20-10-7-11-21(28-20)19(2)27-23-9-4-6-13-25(23)31-17-15-29-14-16-30-24-12-5-3-8-22(24)26-18/h17-20H,5-16H2,1-4H3;3-13H,14-17H2,1-2H3. The Bertz CT molecular complexity index is 2480. The molecule has 16 heteroatoms. The van der Waals surface area contributed by atoms with Gasteiger partial charge in [0.25, 0.3) is 0 Å². The molecule has 0 N–H and O–H groups in total. The predicted octanol–water partition coefficient (Wildman–Crippen LogP) is 8.62. The first-order valence-electron chi connectivity index (χ1n) is 24.2. The van der Waals surface area contributed by atoms with Crippen LogP contribution in [-0.2, 0) is 23.7 Å². The summed E-state index contributed by atoms with van der Waals surface area (Å²) >= 11 is 0. The maximum Gasteiger partial charge on any atom is 0.145 e. The first-order chi connectivity index (χ1) is 34.7. The Morgan fingerprint density at radius 2 is 0.620 bits per heavy atom. The fourth-order valence-electron chi connectivity index (χ4n) is 7.40. The van der Waals surface area contributed by atoms with Crippen molar-refractivity contribution in [3.8, 4) is 22.6 Å². The molecular formula is C55H65N9O7. The van der Waals surface area contributed by atoms with Crippen molar-refractivity contribution in [3.63, 3.8) is 0 Å². The van der Waals surface area contributed by atoms with Crippen molar-refractivity contribution in [1.82, 2.24) is 15.0 Å². The molecule has 0 unspecified atom stereocenters. The lowest BCUT2D eigenvalue weighted by atomic mass is 10.00. The number of nitrogens with zero attached hydrogens (tertiary/aromatic N) is 9. The van der Waals surface area contributed by atoms with Crippen LogP contribution in [0.25, 0.3) is 11.1 Å². The fraction of sp³-hybridized carbons (Fsp3) is 0.400. The summed E-state index contributed by atoms with van der Waals surface area (Å²) < 4.78 is 40.0. The van der Waals surface area contributed by atoms with Crippen LogP contribution >= 0.6 is 0 Å². The van der Waals surface area contributed by atoms with Gasteiger partial charge in [-0.2, -0.15) is 0 Å². The Kier molecular flexibility index (Phi) is 20.3. The predicted molar refractivity (Wildman–Crippen MR) is 282 cm³/mol. The minimum atomic E-state index is 0.430. The molecule has 0 saturated carbocycles. The van der Waals surface area contributed by atoms with Crippen LogP contribution in [-0.4, -0.2) is 155 Å². The first kappa shape index (κ1) is 52.1. The van der Waals surface area contributed by atoms with E-state index in [4.69, 9.17) is 78.1 Å². The summed E-state index contributed by atoms with van der Waals surface area (Å²) in [6.45, 7) is 20.2. The molecule has 0 radical (unpaired) electrons. The van der Waals surface area contributed by atoms with E-state index in [1.54, 1.807) is 0 Å². The highest BCUT2D eigenvalue weighted by Crippen LogP contribution is 2.30. The zero-order valence-corrected chi connectivity index (χ0v) is 41.9. The van der Waals surface area contributed by atoms with Crippen molar-refractivity contribution in [2.45, 2.75) is 41.5 Å². The van der Waals surface area contributed by atoms with Gasteiger partial charge < -0.3 is 33.2 Å². The lowest BCUT2D eigenvalue weighted by Gasteiger charge is -2.13. The van der Waals surface area contributed by atoms with Crippen molar-refractivity contribution in [3.05, 3.63) is 125 Å². The number of benzene rings is 2. The largest absolute Gasteiger partial charge is 0.489 e. The van der Waals surface area contributed by atoms with Crippen LogP contribution in [0.2, 0.25) is 0 Å². The maximum atomic E-state index is 5.90. The van der Waals surface area contributed by atoms with Crippen molar-refractivity contribution >= 4 is 45.6 Å². The van der Waals surface area contributed by atoms with Crippen molar-refractivity contribution in [1.29, 1.82) is 0 Å². The third-order valence-corrected chi connectivity index (χ3v) is 11.3. The lowest BCUT2D eigenvalue weighted by Crippen LogP contribution is -2.12. The van der Waals surface area contributed by atoms with Crippen LogP contribution in [0.1, 0.15) is 75.7 Å². The third-order valence-electron chi connectivity index (χ3n) is 11.3. The van der Waals surface area contributed by atoms with Crippen LogP contribution < -0.4 is 9.47 Å². The van der Waals surface area contributed by atoms with Crippen molar-refractivity contribution in [2.75, 3.05) is 105 Å². The molecular weight excluding hydrogens is 899 g/mol. The van der Waals surface area contributed by atoms with Crippen LogP contribution in [0.5, 0.6) is 11.5 Å². The minimum absolute atomic E-state index is 0.430. The highest BCUT2D eigenvalue weighted by atomic mass is 16.5. The van der Waals surface area contributed by atoms with Crippen LogP contribution in [0.3, 0.4) is 0 Å². The van der Waals surface area contributed by atoms with E-state index in [1.165, 1.54) is 0 Å². The molecule has 8 rings (SSSR count). The molecule has 0 spiro atoms. The summed E-state index contributed by atoms with van der Waals surface area (Å²) in [5.74, 6) is 1.43. The van der Waals surface area contributed by atoms with Gasteiger partial charge >= 0.3 is 0 Å². The van der Waals surface area contributed by atoms with Gasteiger partial charge in [-0.25, -0.2) is 24.9 Å². The highest BCUT2D eigenvalue weighted by Gasteiger charge is 2.15. The molecule has 6 bridgehead atoms. The maximum absolute atomic E-state index is 5.90. The van der Waals surface area contributed by atoms with E-state index in [0.29, 0.717) is 117 Å². The van der Waals surface area contributed by atoms with Gasteiger partial charge in [0.2, 0.25) is 0 Å². The molecule has 0 aliphatic carbocycles. The number of aliphatic imine (C=N–C) groups is 6. The highest BCUT2D eigenvalue weighted by molar-refractivity contribution is 6.05. The van der Waals surface area contributed by atoms with E-state index in [2.05, 4.69) is 24.3 Å². The Morgan fingerprint density at radius 1 is 0.310 bits per heavy atom. The quantitative estimate of drug-likeness (QED) is 0.158. The van der Waals surface area contributed by atoms with Gasteiger partial charge in [-0.15, -0.1) is 0 Å². The summed E-state index contributed by atoms with van der Waals surface area (Å²) in [6.07, 6.45) is 0. The van der Waals surface area contributed by atoms with Crippen LogP contribution in [0.15, 0.2) is 121 Å². The molecule has 6 heterocycles. The second-order valence-electron chi connectivity index (χ2n) is 16.6. The number of aromatic nitrogens is 3. The van der Waals surface area contributed by atoms with E-state index in [9.17, 15) is 0 Å². The Hall–Kier alpha value is -6.69. The normalized spacial score (nSPS) is 17.3. The number of hydrogen-bond acceptors (Lipinski definition) is 16. The van der Waals surface area contributed by atoms with Crippen molar-refractivity contribution < 1.29 is 33.2 Å². The Labute approximate surface area is 417 Å². The van der Waals surface area contributed by atoms with E-state index in [-0.39, 0.29) is 0 Å². The zero-order chi connectivity index (χ0) is 49.6. The molecule has 16 nitrogen and oxygen atoms in total. The Morgan fingerprint density at radius 3 is 0.986 bits per heavy atom.